The Morgan fingerprint density at radius 2 is 2.15 bits per heavy atom. The third-order valence-corrected chi connectivity index (χ3v) is 3.91. The van der Waals surface area contributed by atoms with E-state index in [-0.39, 0.29) is 0 Å². The average Bonchev–Trinajstić information content (AvgIpc) is 2.50. The minimum atomic E-state index is 0.547. The number of aryl methyl sites for hydroxylation is 1. The van der Waals surface area contributed by atoms with E-state index < -0.39 is 0 Å². The highest BCUT2D eigenvalue weighted by Gasteiger charge is 2.21. The molecule has 0 radical (unpaired) electrons. The van der Waals surface area contributed by atoms with Crippen molar-refractivity contribution in [2.75, 3.05) is 39.4 Å². The van der Waals surface area contributed by atoms with Gasteiger partial charge in [0.1, 0.15) is 0 Å². The molecular weight excluding hydrogens is 248 g/mol. The number of nitrogens with zero attached hydrogens (tertiary/aromatic N) is 1. The molecule has 1 heterocycles. The number of morpholine rings is 1. The van der Waals surface area contributed by atoms with Crippen molar-refractivity contribution in [3.8, 4) is 0 Å². The van der Waals surface area contributed by atoms with Crippen LogP contribution in [0, 0.1) is 0 Å². The van der Waals surface area contributed by atoms with Gasteiger partial charge in [0, 0.05) is 19.1 Å². The maximum absolute atomic E-state index is 5.63. The SMILES string of the molecule is CCCNCC1COCCN1CCCc1ccccc1. The first-order valence-corrected chi connectivity index (χ1v) is 7.96. The molecule has 1 atom stereocenters. The molecule has 1 aromatic rings. The molecule has 3 heteroatoms. The molecule has 1 aromatic carbocycles. The van der Waals surface area contributed by atoms with Crippen molar-refractivity contribution in [1.29, 1.82) is 0 Å². The molecule has 0 amide bonds. The third-order valence-electron chi connectivity index (χ3n) is 3.91. The van der Waals surface area contributed by atoms with Crippen LogP contribution in [0.4, 0.5) is 0 Å². The van der Waals surface area contributed by atoms with Crippen LogP contribution in [0.5, 0.6) is 0 Å². The van der Waals surface area contributed by atoms with Crippen LogP contribution in [0.3, 0.4) is 0 Å². The molecular formula is C17H28N2O. The van der Waals surface area contributed by atoms with Gasteiger partial charge in [-0.1, -0.05) is 37.3 Å². The summed E-state index contributed by atoms with van der Waals surface area (Å²) < 4.78 is 5.63. The smallest absolute Gasteiger partial charge is 0.0634 e. The summed E-state index contributed by atoms with van der Waals surface area (Å²) in [5.41, 5.74) is 1.45. The Hall–Kier alpha value is -0.900. The standard InChI is InChI=1S/C17H28N2O/c1-2-10-18-14-17-15-20-13-12-19(17)11-6-9-16-7-4-3-5-8-16/h3-5,7-8,17-18H,2,6,9-15H2,1H3. The zero-order valence-electron chi connectivity index (χ0n) is 12.7. The topological polar surface area (TPSA) is 24.5 Å². The van der Waals surface area contributed by atoms with Gasteiger partial charge in [-0.3, -0.25) is 4.90 Å². The molecule has 1 aliphatic rings. The van der Waals surface area contributed by atoms with Gasteiger partial charge in [0.25, 0.3) is 0 Å². The van der Waals surface area contributed by atoms with Gasteiger partial charge in [0.15, 0.2) is 0 Å². The molecule has 0 aromatic heterocycles. The maximum atomic E-state index is 5.63. The highest BCUT2D eigenvalue weighted by molar-refractivity contribution is 5.14. The van der Waals surface area contributed by atoms with Crippen molar-refractivity contribution in [2.45, 2.75) is 32.2 Å². The van der Waals surface area contributed by atoms with Gasteiger partial charge in [0.2, 0.25) is 0 Å². The molecule has 1 unspecified atom stereocenters. The van der Waals surface area contributed by atoms with E-state index in [4.69, 9.17) is 4.74 Å². The molecule has 1 fully saturated rings. The summed E-state index contributed by atoms with van der Waals surface area (Å²) in [7, 11) is 0. The Kier molecular flexibility index (Phi) is 7.06. The molecule has 2 rings (SSSR count). The summed E-state index contributed by atoms with van der Waals surface area (Å²) in [5.74, 6) is 0. The lowest BCUT2D eigenvalue weighted by molar-refractivity contribution is -0.00704. The summed E-state index contributed by atoms with van der Waals surface area (Å²) in [4.78, 5) is 2.59. The van der Waals surface area contributed by atoms with Gasteiger partial charge in [0.05, 0.1) is 13.2 Å². The van der Waals surface area contributed by atoms with Crippen molar-refractivity contribution < 1.29 is 4.74 Å². The largest absolute Gasteiger partial charge is 0.378 e. The first-order valence-electron chi connectivity index (χ1n) is 7.96. The van der Waals surface area contributed by atoms with Gasteiger partial charge >= 0.3 is 0 Å². The molecule has 1 N–H and O–H groups in total. The van der Waals surface area contributed by atoms with E-state index in [1.54, 1.807) is 0 Å². The molecule has 1 aliphatic heterocycles. The van der Waals surface area contributed by atoms with E-state index in [1.165, 1.54) is 31.4 Å². The second kappa shape index (κ2) is 9.11. The van der Waals surface area contributed by atoms with E-state index in [0.717, 1.165) is 32.8 Å². The fraction of sp³-hybridized carbons (Fsp3) is 0.647. The zero-order valence-corrected chi connectivity index (χ0v) is 12.7. The lowest BCUT2D eigenvalue weighted by atomic mass is 10.1. The summed E-state index contributed by atoms with van der Waals surface area (Å²) in [6.45, 7) is 8.39. The number of nitrogens with one attached hydrogen (secondary N) is 1. The summed E-state index contributed by atoms with van der Waals surface area (Å²) in [5, 5.41) is 3.52. The van der Waals surface area contributed by atoms with Gasteiger partial charge in [-0.25, -0.2) is 0 Å². The van der Waals surface area contributed by atoms with Crippen molar-refractivity contribution >= 4 is 0 Å². The summed E-state index contributed by atoms with van der Waals surface area (Å²) in [6, 6.07) is 11.3. The minimum Gasteiger partial charge on any atom is -0.378 e. The Morgan fingerprint density at radius 1 is 1.30 bits per heavy atom. The third kappa shape index (κ3) is 5.23. The number of rotatable bonds is 8. The fourth-order valence-corrected chi connectivity index (χ4v) is 2.75. The fourth-order valence-electron chi connectivity index (χ4n) is 2.75. The number of hydrogen-bond donors (Lipinski definition) is 1. The van der Waals surface area contributed by atoms with Crippen molar-refractivity contribution in [3.05, 3.63) is 35.9 Å². The van der Waals surface area contributed by atoms with Gasteiger partial charge in [-0.15, -0.1) is 0 Å². The quantitative estimate of drug-likeness (QED) is 0.738. The van der Waals surface area contributed by atoms with E-state index in [9.17, 15) is 0 Å². The second-order valence-electron chi connectivity index (χ2n) is 5.56. The van der Waals surface area contributed by atoms with Crippen LogP contribution in [0.15, 0.2) is 30.3 Å². The van der Waals surface area contributed by atoms with E-state index in [1.807, 2.05) is 0 Å². The molecule has 0 bridgehead atoms. The monoisotopic (exact) mass is 276 g/mol. The number of hydrogen-bond acceptors (Lipinski definition) is 3. The van der Waals surface area contributed by atoms with Gasteiger partial charge in [-0.2, -0.15) is 0 Å². The van der Waals surface area contributed by atoms with Crippen molar-refractivity contribution in [1.82, 2.24) is 10.2 Å². The summed E-state index contributed by atoms with van der Waals surface area (Å²) in [6.07, 6.45) is 3.60. The predicted octanol–water partition coefficient (Wildman–Crippen LogP) is 2.32. The highest BCUT2D eigenvalue weighted by atomic mass is 16.5. The maximum Gasteiger partial charge on any atom is 0.0634 e. The number of ether oxygens (including phenoxy) is 1. The van der Waals surface area contributed by atoms with Crippen molar-refractivity contribution in [2.24, 2.45) is 0 Å². The molecule has 3 nitrogen and oxygen atoms in total. The van der Waals surface area contributed by atoms with Gasteiger partial charge < -0.3 is 10.1 Å². The van der Waals surface area contributed by atoms with E-state index >= 15 is 0 Å². The lowest BCUT2D eigenvalue weighted by Gasteiger charge is -2.35. The van der Waals surface area contributed by atoms with Gasteiger partial charge in [-0.05, 0) is 37.9 Å². The lowest BCUT2D eigenvalue weighted by Crippen LogP contribution is -2.50. The molecule has 0 spiro atoms. The van der Waals surface area contributed by atoms with Crippen LogP contribution in [0.1, 0.15) is 25.3 Å². The highest BCUT2D eigenvalue weighted by Crippen LogP contribution is 2.09. The average molecular weight is 276 g/mol. The van der Waals surface area contributed by atoms with Crippen molar-refractivity contribution in [3.63, 3.8) is 0 Å². The van der Waals surface area contributed by atoms with E-state index in [2.05, 4.69) is 47.5 Å². The Labute approximate surface area is 123 Å². The predicted molar refractivity (Wildman–Crippen MR) is 84.1 cm³/mol. The molecule has 20 heavy (non-hydrogen) atoms. The molecule has 1 saturated heterocycles. The Balaban J connectivity index is 1.71. The first-order chi connectivity index (χ1) is 9.90. The van der Waals surface area contributed by atoms with Crippen LogP contribution in [-0.4, -0.2) is 50.3 Å². The first kappa shape index (κ1) is 15.5. The molecule has 0 aliphatic carbocycles. The van der Waals surface area contributed by atoms with Crippen LogP contribution in [0.25, 0.3) is 0 Å². The van der Waals surface area contributed by atoms with Crippen LogP contribution in [0.2, 0.25) is 0 Å². The second-order valence-corrected chi connectivity index (χ2v) is 5.56. The Morgan fingerprint density at radius 3 is 2.95 bits per heavy atom. The molecule has 0 saturated carbocycles. The van der Waals surface area contributed by atoms with E-state index in [0.29, 0.717) is 6.04 Å². The van der Waals surface area contributed by atoms with Crippen LogP contribution >= 0.6 is 0 Å². The van der Waals surface area contributed by atoms with Crippen LogP contribution < -0.4 is 5.32 Å². The minimum absolute atomic E-state index is 0.547. The summed E-state index contributed by atoms with van der Waals surface area (Å²) >= 11 is 0. The normalized spacial score (nSPS) is 20.1. The zero-order chi connectivity index (χ0) is 14.0. The molecule has 112 valence electrons. The number of benzene rings is 1. The Bertz CT molecular complexity index is 355. The van der Waals surface area contributed by atoms with Crippen LogP contribution in [-0.2, 0) is 11.2 Å².